The van der Waals surface area contributed by atoms with Crippen molar-refractivity contribution in [2.45, 2.75) is 13.5 Å². The Hall–Kier alpha value is -1.95. The lowest BCUT2D eigenvalue weighted by molar-refractivity contribution is 0.391. The van der Waals surface area contributed by atoms with E-state index in [2.05, 4.69) is 20.4 Å². The van der Waals surface area contributed by atoms with Gasteiger partial charge < -0.3 is 9.84 Å². The molecule has 0 saturated heterocycles. The van der Waals surface area contributed by atoms with E-state index in [9.17, 15) is 0 Å². The molecule has 3 heterocycles. The van der Waals surface area contributed by atoms with Crippen molar-refractivity contribution in [2.75, 3.05) is 5.32 Å². The van der Waals surface area contributed by atoms with Crippen molar-refractivity contribution in [1.82, 2.24) is 15.1 Å². The lowest BCUT2D eigenvalue weighted by atomic mass is 10.3. The number of rotatable bonds is 3. The summed E-state index contributed by atoms with van der Waals surface area (Å²) in [4.78, 5) is 8.42. The van der Waals surface area contributed by atoms with Crippen LogP contribution in [0.15, 0.2) is 28.4 Å². The fraction of sp³-hybridized carbons (Fsp3) is 0.182. The highest BCUT2D eigenvalue weighted by atomic mass is 32.1. The van der Waals surface area contributed by atoms with Crippen LogP contribution in [0, 0.1) is 6.92 Å². The number of nitrogens with zero attached hydrogens (tertiary/aromatic N) is 3. The lowest BCUT2D eigenvalue weighted by Crippen LogP contribution is -2.01. The second-order valence-corrected chi connectivity index (χ2v) is 4.56. The van der Waals surface area contributed by atoms with Crippen molar-refractivity contribution < 1.29 is 4.52 Å². The predicted molar refractivity (Wildman–Crippen MR) is 66.0 cm³/mol. The van der Waals surface area contributed by atoms with Gasteiger partial charge in [0.25, 0.3) is 0 Å². The van der Waals surface area contributed by atoms with Gasteiger partial charge in [-0.05, 0) is 18.4 Å². The molecule has 0 saturated carbocycles. The zero-order valence-electron chi connectivity index (χ0n) is 9.17. The maximum Gasteiger partial charge on any atom is 0.147 e. The third-order valence-corrected chi connectivity index (χ3v) is 3.27. The summed E-state index contributed by atoms with van der Waals surface area (Å²) >= 11 is 1.62. The molecule has 17 heavy (non-hydrogen) atoms. The average Bonchev–Trinajstić information content (AvgIpc) is 2.94. The first-order valence-electron chi connectivity index (χ1n) is 5.17. The maximum atomic E-state index is 5.01. The normalized spacial score (nSPS) is 10.9. The molecular formula is C11H10N4OS. The quantitative estimate of drug-likeness (QED) is 0.769. The second-order valence-electron chi connectivity index (χ2n) is 3.64. The molecule has 86 valence electrons. The van der Waals surface area contributed by atoms with E-state index in [1.807, 2.05) is 24.4 Å². The molecule has 6 heteroatoms. The summed E-state index contributed by atoms with van der Waals surface area (Å²) in [7, 11) is 0. The molecule has 0 amide bonds. The molecule has 1 N–H and O–H groups in total. The van der Waals surface area contributed by atoms with Gasteiger partial charge in [0.05, 0.1) is 16.8 Å². The molecule has 0 unspecified atom stereocenters. The zero-order chi connectivity index (χ0) is 11.7. The summed E-state index contributed by atoms with van der Waals surface area (Å²) in [5.41, 5.74) is 1.83. The number of hydrogen-bond donors (Lipinski definition) is 1. The van der Waals surface area contributed by atoms with Gasteiger partial charge >= 0.3 is 0 Å². The summed E-state index contributed by atoms with van der Waals surface area (Å²) in [6, 6.07) is 3.88. The maximum absolute atomic E-state index is 5.01. The van der Waals surface area contributed by atoms with Crippen molar-refractivity contribution in [1.29, 1.82) is 0 Å². The highest BCUT2D eigenvalue weighted by Crippen LogP contribution is 2.24. The van der Waals surface area contributed by atoms with Gasteiger partial charge in [0.15, 0.2) is 0 Å². The Morgan fingerprint density at radius 1 is 1.41 bits per heavy atom. The van der Waals surface area contributed by atoms with E-state index in [1.165, 1.54) is 0 Å². The van der Waals surface area contributed by atoms with Gasteiger partial charge in [0.2, 0.25) is 0 Å². The first kappa shape index (κ1) is 10.2. The zero-order valence-corrected chi connectivity index (χ0v) is 9.99. The number of aromatic nitrogens is 3. The van der Waals surface area contributed by atoms with Gasteiger partial charge in [-0.3, -0.25) is 0 Å². The summed E-state index contributed by atoms with van der Waals surface area (Å²) in [6.07, 6.45) is 1.56. The van der Waals surface area contributed by atoms with Gasteiger partial charge in [-0.1, -0.05) is 5.16 Å². The molecule has 0 radical (unpaired) electrons. The van der Waals surface area contributed by atoms with Crippen LogP contribution in [0.3, 0.4) is 0 Å². The molecule has 3 aromatic heterocycles. The van der Waals surface area contributed by atoms with Gasteiger partial charge in [-0.15, -0.1) is 11.3 Å². The largest absolute Gasteiger partial charge is 0.363 e. The van der Waals surface area contributed by atoms with Crippen LogP contribution >= 0.6 is 11.3 Å². The molecular weight excluding hydrogens is 236 g/mol. The number of thiophene rings is 1. The Balaban J connectivity index is 1.83. The molecule has 0 aromatic carbocycles. The number of aryl methyl sites for hydroxylation is 1. The monoisotopic (exact) mass is 246 g/mol. The van der Waals surface area contributed by atoms with Crippen molar-refractivity contribution in [2.24, 2.45) is 0 Å². The fourth-order valence-corrected chi connectivity index (χ4v) is 2.40. The first-order valence-corrected chi connectivity index (χ1v) is 6.05. The Morgan fingerprint density at radius 2 is 2.35 bits per heavy atom. The van der Waals surface area contributed by atoms with E-state index in [4.69, 9.17) is 4.52 Å². The van der Waals surface area contributed by atoms with Gasteiger partial charge in [-0.2, -0.15) is 0 Å². The highest BCUT2D eigenvalue weighted by Gasteiger charge is 2.05. The second kappa shape index (κ2) is 4.14. The fourth-order valence-electron chi connectivity index (χ4n) is 1.59. The Bertz CT molecular complexity index is 646. The molecule has 3 aromatic rings. The molecule has 0 fully saturated rings. The van der Waals surface area contributed by atoms with E-state index >= 15 is 0 Å². The summed E-state index contributed by atoms with van der Waals surface area (Å²) in [5, 5.41) is 9.17. The van der Waals surface area contributed by atoms with Gasteiger partial charge in [0, 0.05) is 6.07 Å². The summed E-state index contributed by atoms with van der Waals surface area (Å²) in [5.74, 6) is 1.65. The minimum atomic E-state index is 0.599. The van der Waals surface area contributed by atoms with E-state index in [-0.39, 0.29) is 0 Å². The van der Waals surface area contributed by atoms with E-state index in [0.717, 1.165) is 27.5 Å². The lowest BCUT2D eigenvalue weighted by Gasteiger charge is -2.03. The smallest absolute Gasteiger partial charge is 0.147 e. The Morgan fingerprint density at radius 3 is 3.18 bits per heavy atom. The van der Waals surface area contributed by atoms with Gasteiger partial charge in [0.1, 0.15) is 23.6 Å². The minimum absolute atomic E-state index is 0.599. The minimum Gasteiger partial charge on any atom is -0.363 e. The molecule has 0 atom stereocenters. The van der Waals surface area contributed by atoms with Crippen LogP contribution in [0.1, 0.15) is 11.5 Å². The molecule has 3 rings (SSSR count). The van der Waals surface area contributed by atoms with Crippen molar-refractivity contribution >= 4 is 27.4 Å². The SMILES string of the molecule is Cc1cc(CNc2ncnc3ccsc23)no1. The first-order chi connectivity index (χ1) is 8.33. The standard InChI is InChI=1S/C11H10N4OS/c1-7-4-8(15-16-7)5-12-11-10-9(2-3-17-10)13-6-14-11/h2-4,6H,5H2,1H3,(H,12,13,14). The van der Waals surface area contributed by atoms with Crippen LogP contribution in [0.2, 0.25) is 0 Å². The Kier molecular flexibility index (Phi) is 2.49. The molecule has 0 bridgehead atoms. The van der Waals surface area contributed by atoms with E-state index < -0.39 is 0 Å². The van der Waals surface area contributed by atoms with Crippen molar-refractivity contribution in [3.8, 4) is 0 Å². The molecule has 0 aliphatic carbocycles. The summed E-state index contributed by atoms with van der Waals surface area (Å²) in [6.45, 7) is 2.47. The molecule has 0 aliphatic heterocycles. The third kappa shape index (κ3) is 1.99. The number of nitrogens with one attached hydrogen (secondary N) is 1. The van der Waals surface area contributed by atoms with Crippen LogP contribution in [-0.2, 0) is 6.54 Å². The van der Waals surface area contributed by atoms with Crippen LogP contribution in [0.5, 0.6) is 0 Å². The Labute approximate surface area is 101 Å². The number of hydrogen-bond acceptors (Lipinski definition) is 6. The van der Waals surface area contributed by atoms with Crippen LogP contribution in [0.25, 0.3) is 10.2 Å². The van der Waals surface area contributed by atoms with Gasteiger partial charge in [-0.25, -0.2) is 9.97 Å². The molecule has 0 aliphatic rings. The van der Waals surface area contributed by atoms with Crippen LogP contribution < -0.4 is 5.32 Å². The molecule has 5 nitrogen and oxygen atoms in total. The third-order valence-electron chi connectivity index (χ3n) is 2.36. The highest BCUT2D eigenvalue weighted by molar-refractivity contribution is 7.17. The van der Waals surface area contributed by atoms with Crippen molar-refractivity contribution in [3.05, 3.63) is 35.3 Å². The number of anilines is 1. The molecule has 0 spiro atoms. The average molecular weight is 246 g/mol. The number of fused-ring (bicyclic) bond motifs is 1. The topological polar surface area (TPSA) is 63.8 Å². The predicted octanol–water partition coefficient (Wildman–Crippen LogP) is 2.60. The summed E-state index contributed by atoms with van der Waals surface area (Å²) < 4.78 is 6.07. The van der Waals surface area contributed by atoms with Crippen molar-refractivity contribution in [3.63, 3.8) is 0 Å². The van der Waals surface area contributed by atoms with Crippen LogP contribution in [0.4, 0.5) is 5.82 Å². The van der Waals surface area contributed by atoms with Crippen LogP contribution in [-0.4, -0.2) is 15.1 Å². The van der Waals surface area contributed by atoms with E-state index in [0.29, 0.717) is 6.54 Å². The van der Waals surface area contributed by atoms with E-state index in [1.54, 1.807) is 17.7 Å².